The molecular formula is C21H22N2O6. The summed E-state index contributed by atoms with van der Waals surface area (Å²) in [4.78, 5) is 38.2. The molecule has 0 saturated carbocycles. The molecule has 0 radical (unpaired) electrons. The van der Waals surface area contributed by atoms with E-state index < -0.39 is 29.9 Å². The Morgan fingerprint density at radius 3 is 2.55 bits per heavy atom. The van der Waals surface area contributed by atoms with E-state index in [-0.39, 0.29) is 11.3 Å². The van der Waals surface area contributed by atoms with Crippen LogP contribution in [0.3, 0.4) is 0 Å². The zero-order chi connectivity index (χ0) is 21.1. The van der Waals surface area contributed by atoms with Crippen molar-refractivity contribution in [2.75, 3.05) is 16.8 Å². The molecule has 2 aromatic rings. The predicted octanol–water partition coefficient (Wildman–Crippen LogP) is 2.92. The lowest BCUT2D eigenvalue weighted by Crippen LogP contribution is -2.52. The Kier molecular flexibility index (Phi) is 5.72. The van der Waals surface area contributed by atoms with Crippen LogP contribution in [0, 0.1) is 0 Å². The molecule has 2 amide bonds. The first-order valence-electron chi connectivity index (χ1n) is 9.22. The molecule has 1 aliphatic rings. The molecule has 152 valence electrons. The van der Waals surface area contributed by atoms with Crippen LogP contribution in [0.5, 0.6) is 11.5 Å². The molecule has 0 aromatic heterocycles. The minimum atomic E-state index is -1.13. The fourth-order valence-corrected chi connectivity index (χ4v) is 3.06. The quantitative estimate of drug-likeness (QED) is 0.775. The average Bonchev–Trinajstić information content (AvgIpc) is 2.69. The van der Waals surface area contributed by atoms with Gasteiger partial charge in [-0.1, -0.05) is 0 Å². The van der Waals surface area contributed by atoms with E-state index in [0.717, 1.165) is 0 Å². The molecule has 0 bridgehead atoms. The summed E-state index contributed by atoms with van der Waals surface area (Å²) >= 11 is 0. The Hall–Kier alpha value is -3.55. The number of amides is 2. The van der Waals surface area contributed by atoms with Crippen molar-refractivity contribution in [3.05, 3.63) is 48.0 Å². The lowest BCUT2D eigenvalue weighted by atomic mass is 10.1. The molecule has 8 heteroatoms. The summed E-state index contributed by atoms with van der Waals surface area (Å²) in [5, 5.41) is 12.0. The maximum Gasteiger partial charge on any atom is 0.335 e. The second-order valence-corrected chi connectivity index (χ2v) is 6.58. The standard InChI is InChI=1S/C21H22N2O6/c1-4-28-16-8-6-15(7-9-16)22-19(24)12(2)23-17-11-14(21(26)27)5-10-18(17)29-13(3)20(23)25/h5-13H,4H2,1-3H3,(H,22,24)(H,26,27). The Morgan fingerprint density at radius 1 is 1.24 bits per heavy atom. The third kappa shape index (κ3) is 4.16. The van der Waals surface area contributed by atoms with Gasteiger partial charge in [-0.2, -0.15) is 0 Å². The highest BCUT2D eigenvalue weighted by molar-refractivity contribution is 6.08. The van der Waals surface area contributed by atoms with Crippen LogP contribution < -0.4 is 19.7 Å². The van der Waals surface area contributed by atoms with Gasteiger partial charge in [-0.25, -0.2) is 4.79 Å². The van der Waals surface area contributed by atoms with Crippen molar-refractivity contribution in [1.29, 1.82) is 0 Å². The number of ether oxygens (including phenoxy) is 2. The van der Waals surface area contributed by atoms with Crippen molar-refractivity contribution in [2.24, 2.45) is 0 Å². The number of aromatic carboxylic acids is 1. The first kappa shape index (κ1) is 20.2. The first-order valence-corrected chi connectivity index (χ1v) is 9.22. The molecule has 29 heavy (non-hydrogen) atoms. The molecule has 2 unspecified atom stereocenters. The molecule has 1 aliphatic heterocycles. The predicted molar refractivity (Wildman–Crippen MR) is 107 cm³/mol. The molecule has 0 spiro atoms. The van der Waals surface area contributed by atoms with Gasteiger partial charge in [-0.05, 0) is 63.2 Å². The van der Waals surface area contributed by atoms with E-state index in [2.05, 4.69) is 5.32 Å². The number of nitrogens with one attached hydrogen (secondary N) is 1. The fraction of sp³-hybridized carbons (Fsp3) is 0.286. The number of carboxylic acid groups (broad SMARTS) is 1. The topological polar surface area (TPSA) is 105 Å². The van der Waals surface area contributed by atoms with Crippen molar-refractivity contribution >= 4 is 29.2 Å². The molecular weight excluding hydrogens is 376 g/mol. The number of carboxylic acids is 1. The van der Waals surface area contributed by atoms with Crippen molar-refractivity contribution in [3.63, 3.8) is 0 Å². The lowest BCUT2D eigenvalue weighted by molar-refractivity contribution is -0.128. The van der Waals surface area contributed by atoms with Gasteiger partial charge in [-0.3, -0.25) is 14.5 Å². The highest BCUT2D eigenvalue weighted by atomic mass is 16.5. The first-order chi connectivity index (χ1) is 13.8. The van der Waals surface area contributed by atoms with E-state index in [0.29, 0.717) is 23.8 Å². The lowest BCUT2D eigenvalue weighted by Gasteiger charge is -2.36. The van der Waals surface area contributed by atoms with Crippen molar-refractivity contribution in [3.8, 4) is 11.5 Å². The average molecular weight is 398 g/mol. The Balaban J connectivity index is 1.86. The number of carbonyl (C=O) groups excluding carboxylic acids is 2. The number of nitrogens with zero attached hydrogens (tertiary/aromatic N) is 1. The minimum Gasteiger partial charge on any atom is -0.494 e. The normalized spacial score (nSPS) is 16.4. The van der Waals surface area contributed by atoms with E-state index in [1.165, 1.54) is 23.1 Å². The van der Waals surface area contributed by atoms with Gasteiger partial charge in [0.1, 0.15) is 17.5 Å². The van der Waals surface area contributed by atoms with Crippen LogP contribution >= 0.6 is 0 Å². The maximum absolute atomic E-state index is 12.8. The number of carbonyl (C=O) groups is 3. The van der Waals surface area contributed by atoms with E-state index in [1.54, 1.807) is 38.1 Å². The second kappa shape index (κ2) is 8.22. The molecule has 2 atom stereocenters. The molecule has 0 saturated heterocycles. The number of anilines is 2. The Bertz CT molecular complexity index is 941. The number of benzene rings is 2. The van der Waals surface area contributed by atoms with Gasteiger partial charge < -0.3 is 19.9 Å². The summed E-state index contributed by atoms with van der Waals surface area (Å²) in [6, 6.07) is 10.2. The molecule has 0 aliphatic carbocycles. The van der Waals surface area contributed by atoms with Gasteiger partial charge >= 0.3 is 5.97 Å². The fourth-order valence-electron chi connectivity index (χ4n) is 3.06. The van der Waals surface area contributed by atoms with E-state index in [1.807, 2.05) is 6.92 Å². The van der Waals surface area contributed by atoms with Crippen molar-refractivity contribution < 1.29 is 29.0 Å². The number of hydrogen-bond donors (Lipinski definition) is 2. The second-order valence-electron chi connectivity index (χ2n) is 6.58. The summed E-state index contributed by atoms with van der Waals surface area (Å²) in [6.07, 6.45) is -0.793. The molecule has 8 nitrogen and oxygen atoms in total. The van der Waals surface area contributed by atoms with Gasteiger partial charge in [-0.15, -0.1) is 0 Å². The molecule has 3 rings (SSSR count). The van der Waals surface area contributed by atoms with Crippen molar-refractivity contribution in [2.45, 2.75) is 32.9 Å². The van der Waals surface area contributed by atoms with E-state index >= 15 is 0 Å². The monoisotopic (exact) mass is 398 g/mol. The van der Waals surface area contributed by atoms with Gasteiger partial charge in [0.05, 0.1) is 17.9 Å². The van der Waals surface area contributed by atoms with Crippen molar-refractivity contribution in [1.82, 2.24) is 0 Å². The SMILES string of the molecule is CCOc1ccc(NC(=O)C(C)N2C(=O)C(C)Oc3ccc(C(=O)O)cc32)cc1. The third-order valence-corrected chi connectivity index (χ3v) is 4.55. The summed E-state index contributed by atoms with van der Waals surface area (Å²) in [6.45, 7) is 5.58. The van der Waals surface area contributed by atoms with Crippen LogP contribution in [0.4, 0.5) is 11.4 Å². The molecule has 2 aromatic carbocycles. The highest BCUT2D eigenvalue weighted by Crippen LogP contribution is 2.36. The number of rotatable bonds is 6. The highest BCUT2D eigenvalue weighted by Gasteiger charge is 2.37. The van der Waals surface area contributed by atoms with Crippen LogP contribution in [-0.4, -0.2) is 41.6 Å². The summed E-state index contributed by atoms with van der Waals surface area (Å²) in [5.41, 5.74) is 0.805. The van der Waals surface area contributed by atoms with Gasteiger partial charge in [0.15, 0.2) is 6.10 Å². The largest absolute Gasteiger partial charge is 0.494 e. The van der Waals surface area contributed by atoms with Crippen LogP contribution in [-0.2, 0) is 9.59 Å². The molecule has 0 fully saturated rings. The Labute approximate surface area is 168 Å². The zero-order valence-electron chi connectivity index (χ0n) is 16.3. The summed E-state index contributed by atoms with van der Waals surface area (Å²) in [7, 11) is 0. The molecule has 1 heterocycles. The van der Waals surface area contributed by atoms with Crippen LogP contribution in [0.1, 0.15) is 31.1 Å². The zero-order valence-corrected chi connectivity index (χ0v) is 16.3. The van der Waals surface area contributed by atoms with Gasteiger partial charge in [0.2, 0.25) is 5.91 Å². The van der Waals surface area contributed by atoms with Crippen LogP contribution in [0.25, 0.3) is 0 Å². The molecule has 2 N–H and O–H groups in total. The smallest absolute Gasteiger partial charge is 0.335 e. The van der Waals surface area contributed by atoms with Gasteiger partial charge in [0, 0.05) is 5.69 Å². The Morgan fingerprint density at radius 2 is 1.93 bits per heavy atom. The summed E-state index contributed by atoms with van der Waals surface area (Å²) in [5.74, 6) is -0.934. The summed E-state index contributed by atoms with van der Waals surface area (Å²) < 4.78 is 10.9. The van der Waals surface area contributed by atoms with Crippen LogP contribution in [0.2, 0.25) is 0 Å². The maximum atomic E-state index is 12.8. The number of hydrogen-bond acceptors (Lipinski definition) is 5. The minimum absolute atomic E-state index is 0.00109. The third-order valence-electron chi connectivity index (χ3n) is 4.55. The van der Waals surface area contributed by atoms with Gasteiger partial charge in [0.25, 0.3) is 5.91 Å². The number of fused-ring (bicyclic) bond motifs is 1. The van der Waals surface area contributed by atoms with E-state index in [9.17, 15) is 19.5 Å². The van der Waals surface area contributed by atoms with E-state index in [4.69, 9.17) is 9.47 Å². The van der Waals surface area contributed by atoms with Crippen LogP contribution in [0.15, 0.2) is 42.5 Å².